The van der Waals surface area contributed by atoms with Crippen molar-refractivity contribution in [1.82, 2.24) is 5.32 Å². The van der Waals surface area contributed by atoms with E-state index in [9.17, 15) is 4.79 Å². The summed E-state index contributed by atoms with van der Waals surface area (Å²) >= 11 is 0. The van der Waals surface area contributed by atoms with Crippen LogP contribution in [-0.2, 0) is 17.8 Å². The Morgan fingerprint density at radius 2 is 1.78 bits per heavy atom. The Hall–Kier alpha value is -2.33. The minimum absolute atomic E-state index is 0.102. The highest BCUT2D eigenvalue weighted by Gasteiger charge is 2.09. The number of para-hydroxylation sites is 1. The molecular weight excluding hydrogens is 288 g/mol. The number of aryl methyl sites for hydroxylation is 1. The van der Waals surface area contributed by atoms with Gasteiger partial charge >= 0.3 is 6.03 Å². The minimum atomic E-state index is -0.186. The number of carbonyl (C=O) groups excluding carboxylic acids is 1. The van der Waals surface area contributed by atoms with Gasteiger partial charge in [-0.05, 0) is 31.4 Å². The van der Waals surface area contributed by atoms with E-state index in [1.54, 1.807) is 7.11 Å². The average Bonchev–Trinajstić information content (AvgIpc) is 2.56. The number of methoxy groups -OCH3 is 1. The largest absolute Gasteiger partial charge is 0.380 e. The van der Waals surface area contributed by atoms with Crippen LogP contribution in [0, 0.1) is 0 Å². The van der Waals surface area contributed by atoms with Crippen LogP contribution in [0.4, 0.5) is 10.5 Å². The van der Waals surface area contributed by atoms with Gasteiger partial charge in [0.05, 0.1) is 6.61 Å². The van der Waals surface area contributed by atoms with Gasteiger partial charge in [-0.2, -0.15) is 0 Å². The molecule has 2 aromatic carbocycles. The molecule has 4 heteroatoms. The van der Waals surface area contributed by atoms with E-state index >= 15 is 0 Å². The number of benzene rings is 2. The molecular formula is C19H24N2O2. The third-order valence-corrected chi connectivity index (χ3v) is 3.65. The Balaban J connectivity index is 1.82. The van der Waals surface area contributed by atoms with Gasteiger partial charge in [0.1, 0.15) is 0 Å². The molecule has 2 rings (SSSR count). The molecule has 0 saturated carbocycles. The molecule has 0 saturated heterocycles. The van der Waals surface area contributed by atoms with Crippen molar-refractivity contribution >= 4 is 11.7 Å². The van der Waals surface area contributed by atoms with Crippen LogP contribution in [0.15, 0.2) is 54.6 Å². The summed E-state index contributed by atoms with van der Waals surface area (Å²) in [5, 5.41) is 5.87. The number of nitrogens with one attached hydrogen (secondary N) is 2. The molecule has 1 unspecified atom stereocenters. The van der Waals surface area contributed by atoms with Gasteiger partial charge in [-0.15, -0.1) is 0 Å². The second-order valence-electron chi connectivity index (χ2n) is 5.61. The van der Waals surface area contributed by atoms with Crippen molar-refractivity contribution < 1.29 is 9.53 Å². The smallest absolute Gasteiger partial charge is 0.319 e. The van der Waals surface area contributed by atoms with Crippen LogP contribution in [-0.4, -0.2) is 19.2 Å². The van der Waals surface area contributed by atoms with Crippen molar-refractivity contribution in [2.24, 2.45) is 0 Å². The standard InChI is InChI=1S/C19H24N2O2/c1-15(12-13-16-8-4-3-5-9-16)20-19(22)21-18-11-7-6-10-17(18)14-23-2/h3-11,15H,12-14H2,1-2H3,(H2,20,21,22). The topological polar surface area (TPSA) is 50.4 Å². The Morgan fingerprint density at radius 3 is 2.52 bits per heavy atom. The zero-order chi connectivity index (χ0) is 16.5. The van der Waals surface area contributed by atoms with Crippen LogP contribution in [0.1, 0.15) is 24.5 Å². The van der Waals surface area contributed by atoms with Gasteiger partial charge in [-0.1, -0.05) is 48.5 Å². The van der Waals surface area contributed by atoms with E-state index in [1.165, 1.54) is 5.56 Å². The van der Waals surface area contributed by atoms with Gasteiger partial charge in [0.25, 0.3) is 0 Å². The van der Waals surface area contributed by atoms with Crippen LogP contribution in [0.5, 0.6) is 0 Å². The monoisotopic (exact) mass is 312 g/mol. The first-order valence-electron chi connectivity index (χ1n) is 7.87. The van der Waals surface area contributed by atoms with Crippen molar-refractivity contribution in [3.8, 4) is 0 Å². The van der Waals surface area contributed by atoms with E-state index in [4.69, 9.17) is 4.74 Å². The highest BCUT2D eigenvalue weighted by Crippen LogP contribution is 2.15. The molecule has 2 N–H and O–H groups in total. The highest BCUT2D eigenvalue weighted by molar-refractivity contribution is 5.90. The van der Waals surface area contributed by atoms with Crippen LogP contribution < -0.4 is 10.6 Å². The number of carbonyl (C=O) groups is 1. The molecule has 2 aromatic rings. The zero-order valence-corrected chi connectivity index (χ0v) is 13.7. The summed E-state index contributed by atoms with van der Waals surface area (Å²) in [5.74, 6) is 0. The molecule has 0 heterocycles. The van der Waals surface area contributed by atoms with Crippen LogP contribution in [0.3, 0.4) is 0 Å². The number of anilines is 1. The van der Waals surface area contributed by atoms with E-state index < -0.39 is 0 Å². The van der Waals surface area contributed by atoms with Crippen molar-refractivity contribution in [3.63, 3.8) is 0 Å². The summed E-state index contributed by atoms with van der Waals surface area (Å²) in [7, 11) is 1.64. The quantitative estimate of drug-likeness (QED) is 0.812. The number of hydrogen-bond donors (Lipinski definition) is 2. The summed E-state index contributed by atoms with van der Waals surface area (Å²) < 4.78 is 5.15. The maximum atomic E-state index is 12.1. The number of amides is 2. The minimum Gasteiger partial charge on any atom is -0.380 e. The Labute approximate surface area is 137 Å². The number of urea groups is 1. The molecule has 0 bridgehead atoms. The summed E-state index contributed by atoms with van der Waals surface area (Å²) in [6.07, 6.45) is 1.85. The third kappa shape index (κ3) is 5.75. The summed E-state index contributed by atoms with van der Waals surface area (Å²) in [6, 6.07) is 17.9. The Kier molecular flexibility index (Phi) is 6.63. The number of ether oxygens (including phenoxy) is 1. The lowest BCUT2D eigenvalue weighted by molar-refractivity contribution is 0.185. The van der Waals surface area contributed by atoms with Crippen molar-refractivity contribution in [1.29, 1.82) is 0 Å². The number of rotatable bonds is 7. The predicted molar refractivity (Wildman–Crippen MR) is 93.5 cm³/mol. The van der Waals surface area contributed by atoms with Crippen LogP contribution in [0.2, 0.25) is 0 Å². The molecule has 0 fully saturated rings. The predicted octanol–water partition coefficient (Wildman–Crippen LogP) is 3.98. The van der Waals surface area contributed by atoms with E-state index in [1.807, 2.05) is 49.4 Å². The second kappa shape index (κ2) is 8.96. The average molecular weight is 312 g/mol. The highest BCUT2D eigenvalue weighted by atomic mass is 16.5. The lowest BCUT2D eigenvalue weighted by atomic mass is 10.1. The van der Waals surface area contributed by atoms with E-state index in [0.29, 0.717) is 6.61 Å². The molecule has 1 atom stereocenters. The third-order valence-electron chi connectivity index (χ3n) is 3.65. The van der Waals surface area contributed by atoms with Gasteiger partial charge in [0, 0.05) is 24.4 Å². The second-order valence-corrected chi connectivity index (χ2v) is 5.61. The molecule has 0 aliphatic rings. The maximum absolute atomic E-state index is 12.1. The first-order valence-corrected chi connectivity index (χ1v) is 7.87. The van der Waals surface area contributed by atoms with Crippen molar-refractivity contribution in [3.05, 3.63) is 65.7 Å². The van der Waals surface area contributed by atoms with Crippen molar-refractivity contribution in [2.75, 3.05) is 12.4 Å². The van der Waals surface area contributed by atoms with Gasteiger partial charge in [0.2, 0.25) is 0 Å². The van der Waals surface area contributed by atoms with E-state index in [-0.39, 0.29) is 12.1 Å². The molecule has 23 heavy (non-hydrogen) atoms. The lowest BCUT2D eigenvalue weighted by Gasteiger charge is -2.16. The Bertz CT molecular complexity index is 614. The fraction of sp³-hybridized carbons (Fsp3) is 0.316. The summed E-state index contributed by atoms with van der Waals surface area (Å²) in [4.78, 5) is 12.1. The molecule has 2 amide bonds. The first-order chi connectivity index (χ1) is 11.2. The fourth-order valence-electron chi connectivity index (χ4n) is 2.41. The van der Waals surface area contributed by atoms with Crippen molar-refractivity contribution in [2.45, 2.75) is 32.4 Å². The van der Waals surface area contributed by atoms with Crippen LogP contribution >= 0.6 is 0 Å². The molecule has 4 nitrogen and oxygen atoms in total. The molecule has 122 valence electrons. The molecule has 0 aliphatic heterocycles. The van der Waals surface area contributed by atoms with Gasteiger partial charge in [0.15, 0.2) is 0 Å². The lowest BCUT2D eigenvalue weighted by Crippen LogP contribution is -2.36. The summed E-state index contributed by atoms with van der Waals surface area (Å²) in [5.41, 5.74) is 3.02. The zero-order valence-electron chi connectivity index (χ0n) is 13.7. The van der Waals surface area contributed by atoms with E-state index in [2.05, 4.69) is 22.8 Å². The summed E-state index contributed by atoms with van der Waals surface area (Å²) in [6.45, 7) is 2.49. The van der Waals surface area contributed by atoms with Gasteiger partial charge < -0.3 is 15.4 Å². The number of hydrogen-bond acceptors (Lipinski definition) is 2. The van der Waals surface area contributed by atoms with E-state index in [0.717, 1.165) is 24.1 Å². The Morgan fingerprint density at radius 1 is 1.09 bits per heavy atom. The molecule has 0 aliphatic carbocycles. The SMILES string of the molecule is COCc1ccccc1NC(=O)NC(C)CCc1ccccc1. The first kappa shape index (κ1) is 17.0. The molecule has 0 spiro atoms. The normalized spacial score (nSPS) is 11.7. The van der Waals surface area contributed by atoms with Crippen LogP contribution in [0.25, 0.3) is 0 Å². The maximum Gasteiger partial charge on any atom is 0.319 e. The molecule has 0 aromatic heterocycles. The van der Waals surface area contributed by atoms with Gasteiger partial charge in [-0.3, -0.25) is 0 Å². The fourth-order valence-corrected chi connectivity index (χ4v) is 2.41. The van der Waals surface area contributed by atoms with Gasteiger partial charge in [-0.25, -0.2) is 4.79 Å². The molecule has 0 radical (unpaired) electrons.